The van der Waals surface area contributed by atoms with Gasteiger partial charge < -0.3 is 10.0 Å². The number of halogens is 1. The summed E-state index contributed by atoms with van der Waals surface area (Å²) in [5.74, 6) is 0.0641. The van der Waals surface area contributed by atoms with Crippen molar-refractivity contribution in [2.45, 2.75) is 39.2 Å². The van der Waals surface area contributed by atoms with Gasteiger partial charge in [-0.3, -0.25) is 4.79 Å². The van der Waals surface area contributed by atoms with Crippen LogP contribution in [0.25, 0.3) is 0 Å². The number of amides is 1. The molecule has 0 bridgehead atoms. The Hall–Kier alpha value is -0.870. The number of likely N-dealkylation sites (tertiary alicyclic amines) is 1. The first-order valence-electron chi connectivity index (χ1n) is 6.58. The van der Waals surface area contributed by atoms with Gasteiger partial charge >= 0.3 is 0 Å². The lowest BCUT2D eigenvalue weighted by molar-refractivity contribution is -0.00203. The normalized spacial score (nSPS) is 18.5. The van der Waals surface area contributed by atoms with Crippen LogP contribution in [0.5, 0.6) is 0 Å². The number of aryl methyl sites for hydroxylation is 2. The van der Waals surface area contributed by atoms with Crippen LogP contribution in [0.3, 0.4) is 0 Å². The number of carbonyl (C=O) groups excluding carboxylic acids is 1. The molecule has 0 aromatic heterocycles. The van der Waals surface area contributed by atoms with Gasteiger partial charge in [0, 0.05) is 23.1 Å². The molecule has 1 aliphatic rings. The molecule has 0 atom stereocenters. The second-order valence-electron chi connectivity index (χ2n) is 5.71. The molecular weight excluding hydrogens is 306 g/mol. The lowest BCUT2D eigenvalue weighted by atomic mass is 9.93. The van der Waals surface area contributed by atoms with Crippen LogP contribution in [0.1, 0.15) is 41.3 Å². The topological polar surface area (TPSA) is 40.5 Å². The van der Waals surface area contributed by atoms with E-state index in [0.29, 0.717) is 25.9 Å². The first-order valence-corrected chi connectivity index (χ1v) is 7.38. The molecule has 1 aliphatic heterocycles. The number of carbonyl (C=O) groups is 1. The molecule has 3 nitrogen and oxygen atoms in total. The number of piperidine rings is 1. The highest BCUT2D eigenvalue weighted by Crippen LogP contribution is 2.26. The van der Waals surface area contributed by atoms with Gasteiger partial charge in [-0.25, -0.2) is 0 Å². The van der Waals surface area contributed by atoms with E-state index in [1.54, 1.807) is 0 Å². The summed E-state index contributed by atoms with van der Waals surface area (Å²) in [5.41, 5.74) is 2.27. The summed E-state index contributed by atoms with van der Waals surface area (Å²) in [6.45, 7) is 7.08. The first-order chi connectivity index (χ1) is 8.80. The van der Waals surface area contributed by atoms with Gasteiger partial charge in [0.05, 0.1) is 5.60 Å². The summed E-state index contributed by atoms with van der Waals surface area (Å²) in [6, 6.07) is 3.85. The average Bonchev–Trinajstić information content (AvgIpc) is 2.34. The number of nitrogens with zero attached hydrogens (tertiary/aromatic N) is 1. The molecule has 4 heteroatoms. The highest BCUT2D eigenvalue weighted by Gasteiger charge is 2.30. The van der Waals surface area contributed by atoms with Gasteiger partial charge in [0.25, 0.3) is 5.91 Å². The smallest absolute Gasteiger partial charge is 0.253 e. The fourth-order valence-corrected chi connectivity index (χ4v) is 2.67. The lowest BCUT2D eigenvalue weighted by Crippen LogP contribution is -2.45. The summed E-state index contributed by atoms with van der Waals surface area (Å²) in [6.07, 6.45) is 1.29. The maximum Gasteiger partial charge on any atom is 0.253 e. The number of rotatable bonds is 1. The van der Waals surface area contributed by atoms with E-state index in [9.17, 15) is 9.90 Å². The van der Waals surface area contributed by atoms with Gasteiger partial charge in [-0.1, -0.05) is 15.9 Å². The second-order valence-corrected chi connectivity index (χ2v) is 6.51. The number of hydrogen-bond donors (Lipinski definition) is 1. The van der Waals surface area contributed by atoms with Crippen LogP contribution in [0, 0.1) is 13.8 Å². The maximum absolute atomic E-state index is 12.5. The monoisotopic (exact) mass is 325 g/mol. The molecule has 104 valence electrons. The van der Waals surface area contributed by atoms with Crippen molar-refractivity contribution >= 4 is 21.8 Å². The highest BCUT2D eigenvalue weighted by molar-refractivity contribution is 9.10. The second kappa shape index (κ2) is 5.25. The van der Waals surface area contributed by atoms with Crippen molar-refractivity contribution in [1.29, 1.82) is 0 Å². The summed E-state index contributed by atoms with van der Waals surface area (Å²) < 4.78 is 1.06. The minimum Gasteiger partial charge on any atom is -0.390 e. The van der Waals surface area contributed by atoms with Crippen molar-refractivity contribution in [2.75, 3.05) is 13.1 Å². The summed E-state index contributed by atoms with van der Waals surface area (Å²) >= 11 is 3.52. The Morgan fingerprint density at radius 3 is 2.21 bits per heavy atom. The summed E-state index contributed by atoms with van der Waals surface area (Å²) in [5, 5.41) is 9.93. The minimum atomic E-state index is -0.623. The SMILES string of the molecule is Cc1cc(C(=O)N2CCC(C)(O)CC2)cc(C)c1Br. The van der Waals surface area contributed by atoms with E-state index in [-0.39, 0.29) is 5.91 Å². The third-order valence-electron chi connectivity index (χ3n) is 3.81. The number of hydrogen-bond acceptors (Lipinski definition) is 2. The molecule has 1 heterocycles. The zero-order chi connectivity index (χ0) is 14.2. The molecule has 0 unspecified atom stereocenters. The van der Waals surface area contributed by atoms with Crippen molar-refractivity contribution in [3.05, 3.63) is 33.3 Å². The quantitative estimate of drug-likeness (QED) is 0.862. The van der Waals surface area contributed by atoms with E-state index >= 15 is 0 Å². The molecule has 1 N–H and O–H groups in total. The van der Waals surface area contributed by atoms with Gasteiger partial charge in [0.15, 0.2) is 0 Å². The van der Waals surface area contributed by atoms with Gasteiger partial charge in [-0.15, -0.1) is 0 Å². The van der Waals surface area contributed by atoms with Crippen LogP contribution in [-0.4, -0.2) is 34.6 Å². The highest BCUT2D eigenvalue weighted by atomic mass is 79.9. The average molecular weight is 326 g/mol. The van der Waals surface area contributed by atoms with E-state index < -0.39 is 5.60 Å². The molecule has 1 saturated heterocycles. The third-order valence-corrected chi connectivity index (χ3v) is 5.06. The summed E-state index contributed by atoms with van der Waals surface area (Å²) in [4.78, 5) is 14.3. The van der Waals surface area contributed by atoms with Crippen LogP contribution >= 0.6 is 15.9 Å². The fraction of sp³-hybridized carbons (Fsp3) is 0.533. The van der Waals surface area contributed by atoms with Crippen molar-refractivity contribution in [1.82, 2.24) is 4.90 Å². The minimum absolute atomic E-state index is 0.0641. The zero-order valence-electron chi connectivity index (χ0n) is 11.7. The van der Waals surface area contributed by atoms with Gasteiger partial charge in [0.1, 0.15) is 0 Å². The Morgan fingerprint density at radius 1 is 1.26 bits per heavy atom. The Morgan fingerprint density at radius 2 is 1.74 bits per heavy atom. The van der Waals surface area contributed by atoms with E-state index in [1.807, 2.05) is 37.8 Å². The van der Waals surface area contributed by atoms with Gasteiger partial charge in [-0.05, 0) is 56.9 Å². The molecule has 1 fully saturated rings. The molecule has 2 rings (SSSR count). The molecule has 19 heavy (non-hydrogen) atoms. The molecular formula is C15H20BrNO2. The fourth-order valence-electron chi connectivity index (χ4n) is 2.44. The molecule has 1 amide bonds. The van der Waals surface area contributed by atoms with E-state index in [0.717, 1.165) is 21.2 Å². The van der Waals surface area contributed by atoms with E-state index in [4.69, 9.17) is 0 Å². The van der Waals surface area contributed by atoms with Gasteiger partial charge in [0.2, 0.25) is 0 Å². The number of benzene rings is 1. The number of aliphatic hydroxyl groups is 1. The predicted molar refractivity (Wildman–Crippen MR) is 79.4 cm³/mol. The van der Waals surface area contributed by atoms with Crippen LogP contribution < -0.4 is 0 Å². The molecule has 0 radical (unpaired) electrons. The zero-order valence-corrected chi connectivity index (χ0v) is 13.2. The van der Waals surface area contributed by atoms with Gasteiger partial charge in [-0.2, -0.15) is 0 Å². The van der Waals surface area contributed by atoms with Crippen LogP contribution in [0.4, 0.5) is 0 Å². The van der Waals surface area contributed by atoms with E-state index in [2.05, 4.69) is 15.9 Å². The molecule has 1 aromatic rings. The standard InChI is InChI=1S/C15H20BrNO2/c1-10-8-12(9-11(2)13(10)16)14(18)17-6-4-15(3,19)5-7-17/h8-9,19H,4-7H2,1-3H3. The Balaban J connectivity index is 2.17. The Kier molecular flexibility index (Phi) is 4.02. The lowest BCUT2D eigenvalue weighted by Gasteiger charge is -2.35. The van der Waals surface area contributed by atoms with E-state index in [1.165, 1.54) is 0 Å². The first kappa shape index (κ1) is 14.5. The van der Waals surface area contributed by atoms with Crippen molar-refractivity contribution in [3.63, 3.8) is 0 Å². The molecule has 0 saturated carbocycles. The van der Waals surface area contributed by atoms with Crippen molar-refractivity contribution < 1.29 is 9.90 Å². The van der Waals surface area contributed by atoms with Crippen LogP contribution in [0.15, 0.2) is 16.6 Å². The molecule has 0 aliphatic carbocycles. The van der Waals surface area contributed by atoms with Crippen LogP contribution in [0.2, 0.25) is 0 Å². The predicted octanol–water partition coefficient (Wildman–Crippen LogP) is 3.05. The third kappa shape index (κ3) is 3.18. The largest absolute Gasteiger partial charge is 0.390 e. The molecule has 0 spiro atoms. The van der Waals surface area contributed by atoms with Crippen molar-refractivity contribution in [3.8, 4) is 0 Å². The van der Waals surface area contributed by atoms with Crippen LogP contribution in [-0.2, 0) is 0 Å². The molecule has 1 aromatic carbocycles. The maximum atomic E-state index is 12.5. The Labute approximate surface area is 122 Å². The van der Waals surface area contributed by atoms with Crippen molar-refractivity contribution in [2.24, 2.45) is 0 Å². The summed E-state index contributed by atoms with van der Waals surface area (Å²) in [7, 11) is 0. The Bertz CT molecular complexity index is 478.